The zero-order valence-electron chi connectivity index (χ0n) is 17.6. The number of methoxy groups -OCH3 is 1. The maximum Gasteiger partial charge on any atom is 0.228 e. The number of piperidine rings is 1. The van der Waals surface area contributed by atoms with Crippen LogP contribution in [0.15, 0.2) is 60.7 Å². The highest BCUT2D eigenvalue weighted by Crippen LogP contribution is 2.30. The summed E-state index contributed by atoms with van der Waals surface area (Å²) in [5.74, 6) is 0.954. The summed E-state index contributed by atoms with van der Waals surface area (Å²) in [5.41, 5.74) is 2.94. The van der Waals surface area contributed by atoms with E-state index >= 15 is 0 Å². The van der Waals surface area contributed by atoms with Crippen molar-refractivity contribution in [1.82, 2.24) is 4.90 Å². The number of aryl methyl sites for hydroxylation is 1. The van der Waals surface area contributed by atoms with Gasteiger partial charge in [0.1, 0.15) is 5.75 Å². The average Bonchev–Trinajstić information content (AvgIpc) is 3.19. The molecule has 1 amide bonds. The van der Waals surface area contributed by atoms with Crippen molar-refractivity contribution < 1.29 is 9.53 Å². The second-order valence-corrected chi connectivity index (χ2v) is 9.22. The molecule has 1 saturated heterocycles. The van der Waals surface area contributed by atoms with Gasteiger partial charge in [0.25, 0.3) is 0 Å². The van der Waals surface area contributed by atoms with Crippen molar-refractivity contribution in [2.24, 2.45) is 5.92 Å². The summed E-state index contributed by atoms with van der Waals surface area (Å²) in [5, 5.41) is 3.20. The number of nitrogens with zero attached hydrogens (tertiary/aromatic N) is 1. The first kappa shape index (κ1) is 20.6. The molecular weight excluding hydrogens is 392 g/mol. The van der Waals surface area contributed by atoms with Gasteiger partial charge < -0.3 is 10.1 Å². The molecule has 5 heteroatoms. The third-order valence-electron chi connectivity index (χ3n) is 5.64. The third kappa shape index (κ3) is 4.91. The molecule has 2 aromatic carbocycles. The standard InChI is InChI=1S/C25H28N2O2S/c1-18-9-14-22(30-18)17-27-15-5-6-20(16-27)25(28)26-24-8-4-3-7-23(24)19-10-12-21(29-2)13-11-19/h3-4,7-14,20H,5-6,15-17H2,1-2H3,(H,26,28). The van der Waals surface area contributed by atoms with Crippen LogP contribution in [0.5, 0.6) is 5.75 Å². The van der Waals surface area contributed by atoms with Crippen LogP contribution in [-0.4, -0.2) is 31.0 Å². The molecule has 0 aliphatic carbocycles. The Morgan fingerprint density at radius 1 is 1.13 bits per heavy atom. The van der Waals surface area contributed by atoms with E-state index in [1.54, 1.807) is 7.11 Å². The van der Waals surface area contributed by atoms with Crippen LogP contribution in [0, 0.1) is 12.8 Å². The first-order chi connectivity index (χ1) is 14.6. The Hall–Kier alpha value is -2.63. The SMILES string of the molecule is COc1ccc(-c2ccccc2NC(=O)C2CCCN(Cc3ccc(C)s3)C2)cc1. The molecule has 1 aliphatic rings. The molecule has 0 spiro atoms. The van der Waals surface area contributed by atoms with Gasteiger partial charge in [-0.2, -0.15) is 0 Å². The number of amides is 1. The zero-order chi connectivity index (χ0) is 20.9. The van der Waals surface area contributed by atoms with E-state index in [2.05, 4.69) is 29.3 Å². The molecule has 30 heavy (non-hydrogen) atoms. The summed E-state index contributed by atoms with van der Waals surface area (Å²) < 4.78 is 5.26. The molecule has 0 saturated carbocycles. The molecule has 1 aliphatic heterocycles. The normalized spacial score (nSPS) is 16.9. The van der Waals surface area contributed by atoms with Crippen LogP contribution in [0.3, 0.4) is 0 Å². The molecule has 0 bridgehead atoms. The number of para-hydroxylation sites is 1. The Morgan fingerprint density at radius 2 is 1.93 bits per heavy atom. The number of ether oxygens (including phenoxy) is 1. The number of nitrogens with one attached hydrogen (secondary N) is 1. The third-order valence-corrected chi connectivity index (χ3v) is 6.62. The highest BCUT2D eigenvalue weighted by atomic mass is 32.1. The van der Waals surface area contributed by atoms with Crippen LogP contribution in [0.25, 0.3) is 11.1 Å². The minimum absolute atomic E-state index is 0.0173. The van der Waals surface area contributed by atoms with Crippen molar-refractivity contribution in [3.63, 3.8) is 0 Å². The number of carbonyl (C=O) groups is 1. The lowest BCUT2D eigenvalue weighted by molar-refractivity contribution is -0.121. The molecular formula is C25H28N2O2S. The van der Waals surface area contributed by atoms with Gasteiger partial charge in [0.05, 0.1) is 13.0 Å². The highest BCUT2D eigenvalue weighted by Gasteiger charge is 2.26. The van der Waals surface area contributed by atoms with Gasteiger partial charge in [-0.05, 0) is 62.2 Å². The van der Waals surface area contributed by atoms with Gasteiger partial charge in [0.2, 0.25) is 5.91 Å². The second kappa shape index (κ2) is 9.45. The number of thiophene rings is 1. The van der Waals surface area contributed by atoms with E-state index in [0.29, 0.717) is 0 Å². The molecule has 3 aromatic rings. The summed E-state index contributed by atoms with van der Waals surface area (Å²) in [6.45, 7) is 4.95. The number of rotatable bonds is 6. The average molecular weight is 421 g/mol. The number of benzene rings is 2. The van der Waals surface area contributed by atoms with E-state index in [0.717, 1.165) is 55.0 Å². The fourth-order valence-corrected chi connectivity index (χ4v) is 4.99. The van der Waals surface area contributed by atoms with Gasteiger partial charge in [-0.25, -0.2) is 0 Å². The first-order valence-electron chi connectivity index (χ1n) is 10.4. The molecule has 1 unspecified atom stereocenters. The fraction of sp³-hybridized carbons (Fsp3) is 0.320. The van der Waals surface area contributed by atoms with Gasteiger partial charge in [-0.15, -0.1) is 11.3 Å². The number of hydrogen-bond donors (Lipinski definition) is 1. The topological polar surface area (TPSA) is 41.6 Å². The summed E-state index contributed by atoms with van der Waals surface area (Å²) in [6.07, 6.45) is 2.00. The fourth-order valence-electron chi connectivity index (χ4n) is 4.05. The Balaban J connectivity index is 1.44. The molecule has 4 rings (SSSR count). The zero-order valence-corrected chi connectivity index (χ0v) is 18.4. The lowest BCUT2D eigenvalue weighted by Crippen LogP contribution is -2.40. The molecule has 1 N–H and O–H groups in total. The largest absolute Gasteiger partial charge is 0.497 e. The van der Waals surface area contributed by atoms with Crippen molar-refractivity contribution >= 4 is 22.9 Å². The molecule has 2 heterocycles. The second-order valence-electron chi connectivity index (χ2n) is 7.85. The van der Waals surface area contributed by atoms with Crippen molar-refractivity contribution in [2.75, 3.05) is 25.5 Å². The maximum absolute atomic E-state index is 13.1. The van der Waals surface area contributed by atoms with E-state index in [1.165, 1.54) is 9.75 Å². The number of anilines is 1. The van der Waals surface area contributed by atoms with Gasteiger partial charge in [0, 0.05) is 34.1 Å². The Kier molecular flexibility index (Phi) is 6.50. The van der Waals surface area contributed by atoms with E-state index in [1.807, 2.05) is 59.9 Å². The molecule has 1 aromatic heterocycles. The van der Waals surface area contributed by atoms with Crippen LogP contribution in [-0.2, 0) is 11.3 Å². The molecule has 0 radical (unpaired) electrons. The van der Waals surface area contributed by atoms with E-state index in [4.69, 9.17) is 4.74 Å². The number of carbonyl (C=O) groups excluding carboxylic acids is 1. The molecule has 4 nitrogen and oxygen atoms in total. The highest BCUT2D eigenvalue weighted by molar-refractivity contribution is 7.11. The Bertz CT molecular complexity index is 996. The summed E-state index contributed by atoms with van der Waals surface area (Å²) in [4.78, 5) is 18.2. The van der Waals surface area contributed by atoms with Crippen LogP contribution in [0.4, 0.5) is 5.69 Å². The van der Waals surface area contributed by atoms with Crippen LogP contribution in [0.1, 0.15) is 22.6 Å². The first-order valence-corrected chi connectivity index (χ1v) is 11.3. The lowest BCUT2D eigenvalue weighted by atomic mass is 9.96. The van der Waals surface area contributed by atoms with Crippen molar-refractivity contribution in [3.05, 3.63) is 70.4 Å². The minimum Gasteiger partial charge on any atom is -0.497 e. The Labute approximate surface area is 182 Å². The van der Waals surface area contributed by atoms with Crippen molar-refractivity contribution in [2.45, 2.75) is 26.3 Å². The Morgan fingerprint density at radius 3 is 2.67 bits per heavy atom. The smallest absolute Gasteiger partial charge is 0.228 e. The molecule has 156 valence electrons. The maximum atomic E-state index is 13.1. The molecule has 1 atom stereocenters. The summed E-state index contributed by atoms with van der Waals surface area (Å²) >= 11 is 1.84. The number of likely N-dealkylation sites (tertiary alicyclic amines) is 1. The predicted molar refractivity (Wildman–Crippen MR) is 124 cm³/mol. The molecule has 1 fully saturated rings. The van der Waals surface area contributed by atoms with Crippen LogP contribution >= 0.6 is 11.3 Å². The van der Waals surface area contributed by atoms with E-state index in [-0.39, 0.29) is 11.8 Å². The summed E-state index contributed by atoms with van der Waals surface area (Å²) in [7, 11) is 1.66. The lowest BCUT2D eigenvalue weighted by Gasteiger charge is -2.31. The quantitative estimate of drug-likeness (QED) is 0.566. The number of hydrogen-bond acceptors (Lipinski definition) is 4. The van der Waals surface area contributed by atoms with E-state index in [9.17, 15) is 4.79 Å². The monoisotopic (exact) mass is 420 g/mol. The van der Waals surface area contributed by atoms with Gasteiger partial charge >= 0.3 is 0 Å². The van der Waals surface area contributed by atoms with E-state index < -0.39 is 0 Å². The predicted octanol–water partition coefficient (Wildman–Crippen LogP) is 5.58. The van der Waals surface area contributed by atoms with Crippen molar-refractivity contribution in [3.8, 4) is 16.9 Å². The summed E-state index contributed by atoms with van der Waals surface area (Å²) in [6, 6.07) is 20.3. The van der Waals surface area contributed by atoms with Gasteiger partial charge in [-0.1, -0.05) is 30.3 Å². The van der Waals surface area contributed by atoms with Crippen LogP contribution < -0.4 is 10.1 Å². The van der Waals surface area contributed by atoms with Crippen molar-refractivity contribution in [1.29, 1.82) is 0 Å². The van der Waals surface area contributed by atoms with Crippen LogP contribution in [0.2, 0.25) is 0 Å². The minimum atomic E-state index is 0.0173. The van der Waals surface area contributed by atoms with Gasteiger partial charge in [-0.3, -0.25) is 9.69 Å². The van der Waals surface area contributed by atoms with Gasteiger partial charge in [0.15, 0.2) is 0 Å².